The molecular weight excluding hydrogens is 310 g/mol. The van der Waals surface area contributed by atoms with E-state index >= 15 is 0 Å². The molecular formula is C17H17N3O4. The molecule has 3 heterocycles. The SMILES string of the molecule is COc1ccc2[nH]c(C(=O)N3CCC4(CC(=O)NC4=O)C3)cc2c1. The molecule has 0 aliphatic carbocycles. The average molecular weight is 327 g/mol. The highest BCUT2D eigenvalue weighted by Crippen LogP contribution is 2.38. The first-order chi connectivity index (χ1) is 11.5. The molecule has 2 fully saturated rings. The van der Waals surface area contributed by atoms with Crippen molar-refractivity contribution in [1.82, 2.24) is 15.2 Å². The first-order valence-electron chi connectivity index (χ1n) is 7.81. The predicted molar refractivity (Wildman–Crippen MR) is 85.6 cm³/mol. The van der Waals surface area contributed by atoms with Crippen molar-refractivity contribution < 1.29 is 19.1 Å². The second kappa shape index (κ2) is 5.09. The third-order valence-corrected chi connectivity index (χ3v) is 4.93. The molecule has 0 radical (unpaired) electrons. The number of hydrogen-bond donors (Lipinski definition) is 2. The zero-order valence-corrected chi connectivity index (χ0v) is 13.2. The molecule has 1 unspecified atom stereocenters. The Morgan fingerprint density at radius 3 is 2.83 bits per heavy atom. The summed E-state index contributed by atoms with van der Waals surface area (Å²) in [6, 6.07) is 7.33. The lowest BCUT2D eigenvalue weighted by molar-refractivity contribution is -0.128. The highest BCUT2D eigenvalue weighted by molar-refractivity contribution is 6.07. The fourth-order valence-electron chi connectivity index (χ4n) is 3.59. The van der Waals surface area contributed by atoms with Gasteiger partial charge < -0.3 is 14.6 Å². The zero-order valence-electron chi connectivity index (χ0n) is 13.2. The minimum Gasteiger partial charge on any atom is -0.497 e. The zero-order chi connectivity index (χ0) is 16.9. The quantitative estimate of drug-likeness (QED) is 0.807. The van der Waals surface area contributed by atoms with E-state index in [-0.39, 0.29) is 30.7 Å². The van der Waals surface area contributed by atoms with Gasteiger partial charge in [0, 0.05) is 30.4 Å². The van der Waals surface area contributed by atoms with Crippen LogP contribution in [0, 0.1) is 5.41 Å². The molecule has 2 aliphatic heterocycles. The molecule has 2 N–H and O–H groups in total. The lowest BCUT2D eigenvalue weighted by Crippen LogP contribution is -2.36. The van der Waals surface area contributed by atoms with Crippen molar-refractivity contribution in [3.05, 3.63) is 30.0 Å². The number of methoxy groups -OCH3 is 1. The van der Waals surface area contributed by atoms with Crippen LogP contribution in [0.3, 0.4) is 0 Å². The van der Waals surface area contributed by atoms with Crippen molar-refractivity contribution in [2.45, 2.75) is 12.8 Å². The molecule has 2 saturated heterocycles. The minimum absolute atomic E-state index is 0.158. The number of H-pyrrole nitrogens is 1. The van der Waals surface area contributed by atoms with E-state index < -0.39 is 5.41 Å². The van der Waals surface area contributed by atoms with Crippen molar-refractivity contribution in [2.24, 2.45) is 5.41 Å². The van der Waals surface area contributed by atoms with Crippen molar-refractivity contribution in [3.63, 3.8) is 0 Å². The Labute approximate surface area is 138 Å². The number of imide groups is 1. The van der Waals surface area contributed by atoms with Crippen LogP contribution in [0.4, 0.5) is 0 Å². The van der Waals surface area contributed by atoms with Crippen LogP contribution in [0.1, 0.15) is 23.3 Å². The number of benzene rings is 1. The van der Waals surface area contributed by atoms with Crippen LogP contribution in [0.15, 0.2) is 24.3 Å². The maximum absolute atomic E-state index is 12.7. The Kier molecular flexibility index (Phi) is 3.13. The van der Waals surface area contributed by atoms with Crippen LogP contribution in [0.25, 0.3) is 10.9 Å². The molecule has 4 rings (SSSR count). The predicted octanol–water partition coefficient (Wildman–Crippen LogP) is 1.06. The van der Waals surface area contributed by atoms with Gasteiger partial charge in [-0.05, 0) is 30.7 Å². The largest absolute Gasteiger partial charge is 0.497 e. The summed E-state index contributed by atoms with van der Waals surface area (Å²) in [5, 5.41) is 3.23. The smallest absolute Gasteiger partial charge is 0.270 e. The van der Waals surface area contributed by atoms with Gasteiger partial charge in [-0.2, -0.15) is 0 Å². The molecule has 24 heavy (non-hydrogen) atoms. The molecule has 3 amide bonds. The van der Waals surface area contributed by atoms with E-state index in [0.717, 1.165) is 16.7 Å². The molecule has 1 spiro atoms. The minimum atomic E-state index is -0.748. The van der Waals surface area contributed by atoms with Crippen LogP contribution in [-0.4, -0.2) is 47.8 Å². The van der Waals surface area contributed by atoms with Crippen LogP contribution in [0.5, 0.6) is 5.75 Å². The van der Waals surface area contributed by atoms with E-state index in [4.69, 9.17) is 4.74 Å². The van der Waals surface area contributed by atoms with Crippen LogP contribution in [0.2, 0.25) is 0 Å². The lowest BCUT2D eigenvalue weighted by Gasteiger charge is -2.19. The van der Waals surface area contributed by atoms with Crippen LogP contribution in [-0.2, 0) is 9.59 Å². The van der Waals surface area contributed by atoms with Crippen molar-refractivity contribution in [3.8, 4) is 5.75 Å². The van der Waals surface area contributed by atoms with E-state index in [1.165, 1.54) is 0 Å². The van der Waals surface area contributed by atoms with Gasteiger partial charge in [-0.1, -0.05) is 0 Å². The normalized spacial score (nSPS) is 23.3. The monoisotopic (exact) mass is 327 g/mol. The second-order valence-electron chi connectivity index (χ2n) is 6.45. The van der Waals surface area contributed by atoms with Gasteiger partial charge in [-0.3, -0.25) is 19.7 Å². The molecule has 124 valence electrons. The number of amides is 3. The van der Waals surface area contributed by atoms with Gasteiger partial charge in [0.15, 0.2) is 0 Å². The average Bonchev–Trinajstić information content (AvgIpc) is 3.24. The Morgan fingerprint density at radius 1 is 1.29 bits per heavy atom. The number of carbonyl (C=O) groups is 3. The van der Waals surface area contributed by atoms with E-state index in [1.807, 2.05) is 18.2 Å². The highest BCUT2D eigenvalue weighted by atomic mass is 16.5. The van der Waals surface area contributed by atoms with Gasteiger partial charge in [-0.15, -0.1) is 0 Å². The summed E-state index contributed by atoms with van der Waals surface area (Å²) in [6.45, 7) is 0.750. The number of aromatic amines is 1. The van der Waals surface area contributed by atoms with Gasteiger partial charge in [0.1, 0.15) is 11.4 Å². The molecule has 1 atom stereocenters. The number of nitrogens with one attached hydrogen (secondary N) is 2. The number of fused-ring (bicyclic) bond motifs is 1. The Bertz CT molecular complexity index is 872. The van der Waals surface area contributed by atoms with E-state index in [9.17, 15) is 14.4 Å². The topological polar surface area (TPSA) is 91.5 Å². The molecule has 7 nitrogen and oxygen atoms in total. The number of nitrogens with zero attached hydrogens (tertiary/aromatic N) is 1. The standard InChI is InChI=1S/C17H17N3O4/c1-24-11-2-3-12-10(6-11)7-13(18-12)15(22)20-5-4-17(9-20)8-14(21)19-16(17)23/h2-3,6-7,18H,4-5,8-9H2,1H3,(H,19,21,23). The number of aromatic nitrogens is 1. The van der Waals surface area contributed by atoms with Gasteiger partial charge in [0.2, 0.25) is 11.8 Å². The third kappa shape index (κ3) is 2.16. The summed E-state index contributed by atoms with van der Waals surface area (Å²) >= 11 is 0. The number of hydrogen-bond acceptors (Lipinski definition) is 4. The number of carbonyl (C=O) groups excluding carboxylic acids is 3. The van der Waals surface area contributed by atoms with Gasteiger partial charge in [-0.25, -0.2) is 0 Å². The van der Waals surface area contributed by atoms with Crippen molar-refractivity contribution in [1.29, 1.82) is 0 Å². The van der Waals surface area contributed by atoms with E-state index in [0.29, 0.717) is 18.7 Å². The summed E-state index contributed by atoms with van der Waals surface area (Å²) in [5.41, 5.74) is 0.573. The van der Waals surface area contributed by atoms with Gasteiger partial charge >= 0.3 is 0 Å². The molecule has 2 aromatic rings. The molecule has 1 aromatic heterocycles. The number of rotatable bonds is 2. The molecule has 7 heteroatoms. The Morgan fingerprint density at radius 2 is 2.12 bits per heavy atom. The van der Waals surface area contributed by atoms with E-state index in [1.54, 1.807) is 18.1 Å². The molecule has 2 aliphatic rings. The van der Waals surface area contributed by atoms with Crippen molar-refractivity contribution >= 4 is 28.6 Å². The van der Waals surface area contributed by atoms with Crippen molar-refractivity contribution in [2.75, 3.05) is 20.2 Å². The summed E-state index contributed by atoms with van der Waals surface area (Å²) in [4.78, 5) is 41.0. The third-order valence-electron chi connectivity index (χ3n) is 4.93. The summed E-state index contributed by atoms with van der Waals surface area (Å²) in [6.07, 6.45) is 0.684. The lowest BCUT2D eigenvalue weighted by atomic mass is 9.85. The van der Waals surface area contributed by atoms with Gasteiger partial charge in [0.25, 0.3) is 5.91 Å². The maximum Gasteiger partial charge on any atom is 0.270 e. The van der Waals surface area contributed by atoms with Gasteiger partial charge in [0.05, 0.1) is 12.5 Å². The summed E-state index contributed by atoms with van der Waals surface area (Å²) < 4.78 is 5.19. The first kappa shape index (κ1) is 14.7. The molecule has 0 saturated carbocycles. The van der Waals surface area contributed by atoms with E-state index in [2.05, 4.69) is 10.3 Å². The summed E-state index contributed by atoms with van der Waals surface area (Å²) in [7, 11) is 1.59. The molecule has 0 bridgehead atoms. The van der Waals surface area contributed by atoms with Crippen LogP contribution < -0.4 is 10.1 Å². The Hall–Kier alpha value is -2.83. The fourth-order valence-corrected chi connectivity index (χ4v) is 3.59. The maximum atomic E-state index is 12.7. The number of ether oxygens (including phenoxy) is 1. The number of likely N-dealkylation sites (tertiary alicyclic amines) is 1. The summed E-state index contributed by atoms with van der Waals surface area (Å²) in [5.74, 6) is 0.0483. The second-order valence-corrected chi connectivity index (χ2v) is 6.45. The highest BCUT2D eigenvalue weighted by Gasteiger charge is 2.51. The fraction of sp³-hybridized carbons (Fsp3) is 0.353. The molecule has 1 aromatic carbocycles. The Balaban J connectivity index is 1.58. The first-order valence-corrected chi connectivity index (χ1v) is 7.81. The van der Waals surface area contributed by atoms with Crippen LogP contribution >= 0.6 is 0 Å².